The molecule has 1 aromatic rings. The molecule has 86 valence electrons. The predicted molar refractivity (Wildman–Crippen MR) is 76.7 cm³/mol. The van der Waals surface area contributed by atoms with Crippen molar-refractivity contribution in [3.8, 4) is 0 Å². The molecular formula is C11H12BrClN2S. The first-order valence-electron chi connectivity index (χ1n) is 5.11. The first kappa shape index (κ1) is 12.3. The number of hydrogen-bond donors (Lipinski definition) is 1. The maximum absolute atomic E-state index is 5.95. The molecule has 1 aliphatic heterocycles. The standard InChI is InChI=1S/C11H12BrClN2S/c1-2-8-6-16-11(14-8)15-10-5-7(13)3-4-9(10)12/h3-5,8H,2,6H2,1H3,(H,14,15). The normalized spacial score (nSPS) is 19.7. The van der Waals surface area contributed by atoms with Gasteiger partial charge in [0.25, 0.3) is 0 Å². The number of nitrogens with one attached hydrogen (secondary N) is 1. The van der Waals surface area contributed by atoms with Crippen molar-refractivity contribution in [2.24, 2.45) is 4.99 Å². The third kappa shape index (κ3) is 2.93. The maximum Gasteiger partial charge on any atom is 0.161 e. The van der Waals surface area contributed by atoms with E-state index in [2.05, 4.69) is 33.2 Å². The summed E-state index contributed by atoms with van der Waals surface area (Å²) in [4.78, 5) is 4.58. The van der Waals surface area contributed by atoms with Crippen LogP contribution in [0.15, 0.2) is 27.7 Å². The fraction of sp³-hybridized carbons (Fsp3) is 0.364. The quantitative estimate of drug-likeness (QED) is 0.874. The Hall–Kier alpha value is -0.190. The Morgan fingerprint density at radius 2 is 2.44 bits per heavy atom. The molecule has 5 heteroatoms. The van der Waals surface area contributed by atoms with Crippen molar-refractivity contribution in [3.05, 3.63) is 27.7 Å². The molecule has 0 radical (unpaired) electrons. The molecule has 1 atom stereocenters. The van der Waals surface area contributed by atoms with Gasteiger partial charge in [0.2, 0.25) is 0 Å². The summed E-state index contributed by atoms with van der Waals surface area (Å²) in [6.07, 6.45) is 1.09. The van der Waals surface area contributed by atoms with Crippen LogP contribution < -0.4 is 5.32 Å². The number of hydrogen-bond acceptors (Lipinski definition) is 3. The lowest BCUT2D eigenvalue weighted by Gasteiger charge is -2.07. The molecule has 0 aromatic heterocycles. The van der Waals surface area contributed by atoms with E-state index in [1.165, 1.54) is 0 Å². The number of rotatable bonds is 2. The second-order valence-electron chi connectivity index (χ2n) is 3.56. The summed E-state index contributed by atoms with van der Waals surface area (Å²) in [5.41, 5.74) is 0.968. The molecule has 2 nitrogen and oxygen atoms in total. The second kappa shape index (κ2) is 5.43. The Kier molecular flexibility index (Phi) is 4.16. The van der Waals surface area contributed by atoms with E-state index < -0.39 is 0 Å². The van der Waals surface area contributed by atoms with Crippen LogP contribution in [-0.2, 0) is 0 Å². The van der Waals surface area contributed by atoms with Gasteiger partial charge in [-0.2, -0.15) is 0 Å². The van der Waals surface area contributed by atoms with Crippen LogP contribution >= 0.6 is 39.3 Å². The summed E-state index contributed by atoms with van der Waals surface area (Å²) in [5.74, 6) is 1.07. The third-order valence-corrected chi connectivity index (χ3v) is 4.31. The topological polar surface area (TPSA) is 24.4 Å². The van der Waals surface area contributed by atoms with Gasteiger partial charge < -0.3 is 5.32 Å². The monoisotopic (exact) mass is 318 g/mol. The van der Waals surface area contributed by atoms with Gasteiger partial charge in [0.05, 0.1) is 11.7 Å². The van der Waals surface area contributed by atoms with Crippen LogP contribution in [0, 0.1) is 0 Å². The van der Waals surface area contributed by atoms with Crippen LogP contribution in [0.4, 0.5) is 5.69 Å². The average Bonchev–Trinajstić information content (AvgIpc) is 2.71. The predicted octanol–water partition coefficient (Wildman–Crippen LogP) is 4.40. The Morgan fingerprint density at radius 3 is 3.12 bits per heavy atom. The molecule has 0 saturated carbocycles. The molecule has 0 spiro atoms. The van der Waals surface area contributed by atoms with Crippen molar-refractivity contribution in [3.63, 3.8) is 0 Å². The summed E-state index contributed by atoms with van der Waals surface area (Å²) in [6.45, 7) is 2.16. The first-order chi connectivity index (χ1) is 7.69. The van der Waals surface area contributed by atoms with Crippen LogP contribution in [0.25, 0.3) is 0 Å². The molecular weight excluding hydrogens is 308 g/mol. The van der Waals surface area contributed by atoms with Gasteiger partial charge in [-0.3, -0.25) is 4.99 Å². The number of nitrogens with zero attached hydrogens (tertiary/aromatic N) is 1. The van der Waals surface area contributed by atoms with E-state index in [0.29, 0.717) is 6.04 Å². The molecule has 2 rings (SSSR count). The van der Waals surface area contributed by atoms with Crippen molar-refractivity contribution in [2.45, 2.75) is 19.4 Å². The van der Waals surface area contributed by atoms with Gasteiger partial charge in [-0.15, -0.1) is 0 Å². The third-order valence-electron chi connectivity index (χ3n) is 2.35. The van der Waals surface area contributed by atoms with Crippen molar-refractivity contribution in [1.82, 2.24) is 0 Å². The van der Waals surface area contributed by atoms with Crippen molar-refractivity contribution < 1.29 is 0 Å². The highest BCUT2D eigenvalue weighted by atomic mass is 79.9. The minimum absolute atomic E-state index is 0.449. The van der Waals surface area contributed by atoms with Gasteiger partial charge in [-0.05, 0) is 40.5 Å². The lowest BCUT2D eigenvalue weighted by atomic mass is 10.3. The summed E-state index contributed by atoms with van der Waals surface area (Å²) < 4.78 is 1.00. The Balaban J connectivity index is 2.12. The molecule has 1 aromatic carbocycles. The van der Waals surface area contributed by atoms with Crippen molar-refractivity contribution in [1.29, 1.82) is 0 Å². The SMILES string of the molecule is CCC1CSC(Nc2cc(Cl)ccc2Br)=N1. The molecule has 0 aliphatic carbocycles. The van der Waals surface area contributed by atoms with Crippen LogP contribution in [0.3, 0.4) is 0 Å². The van der Waals surface area contributed by atoms with E-state index in [0.717, 1.165) is 32.5 Å². The summed E-state index contributed by atoms with van der Waals surface area (Å²) in [5, 5.41) is 5.00. The number of anilines is 1. The summed E-state index contributed by atoms with van der Waals surface area (Å²) in [6, 6.07) is 6.14. The van der Waals surface area contributed by atoms with Crippen molar-refractivity contribution in [2.75, 3.05) is 11.1 Å². The Bertz CT molecular complexity index is 422. The number of thioether (sulfide) groups is 1. The minimum Gasteiger partial charge on any atom is -0.334 e. The largest absolute Gasteiger partial charge is 0.334 e. The number of halogens is 2. The molecule has 0 fully saturated rings. The van der Waals surface area contributed by atoms with Crippen molar-refractivity contribution >= 4 is 50.1 Å². The smallest absolute Gasteiger partial charge is 0.161 e. The maximum atomic E-state index is 5.95. The van der Waals surface area contributed by atoms with Crippen LogP contribution in [0.2, 0.25) is 5.02 Å². The van der Waals surface area contributed by atoms with Gasteiger partial charge in [-0.25, -0.2) is 0 Å². The fourth-order valence-corrected chi connectivity index (χ4v) is 2.99. The molecule has 0 amide bonds. The molecule has 1 aliphatic rings. The lowest BCUT2D eigenvalue weighted by molar-refractivity contribution is 0.738. The highest BCUT2D eigenvalue weighted by Gasteiger charge is 2.17. The zero-order valence-electron chi connectivity index (χ0n) is 8.84. The van der Waals surface area contributed by atoms with E-state index in [1.807, 2.05) is 18.2 Å². The second-order valence-corrected chi connectivity index (χ2v) is 5.86. The number of benzene rings is 1. The molecule has 1 heterocycles. The Labute approximate surface area is 113 Å². The molecule has 16 heavy (non-hydrogen) atoms. The van der Waals surface area contributed by atoms with Gasteiger partial charge in [0, 0.05) is 15.2 Å². The lowest BCUT2D eigenvalue weighted by Crippen LogP contribution is -2.05. The fourth-order valence-electron chi connectivity index (χ4n) is 1.40. The first-order valence-corrected chi connectivity index (χ1v) is 7.27. The highest BCUT2D eigenvalue weighted by Crippen LogP contribution is 2.28. The van der Waals surface area contributed by atoms with Crippen LogP contribution in [0.1, 0.15) is 13.3 Å². The van der Waals surface area contributed by atoms with Gasteiger partial charge in [-0.1, -0.05) is 30.3 Å². The van der Waals surface area contributed by atoms with Gasteiger partial charge in [0.15, 0.2) is 5.17 Å². The summed E-state index contributed by atoms with van der Waals surface area (Å²) >= 11 is 11.2. The zero-order valence-corrected chi connectivity index (χ0v) is 12.0. The Morgan fingerprint density at radius 1 is 1.62 bits per heavy atom. The zero-order chi connectivity index (χ0) is 11.5. The van der Waals surface area contributed by atoms with E-state index in [9.17, 15) is 0 Å². The molecule has 1 N–H and O–H groups in total. The highest BCUT2D eigenvalue weighted by molar-refractivity contribution is 9.10. The molecule has 0 bridgehead atoms. The van der Waals surface area contributed by atoms with Gasteiger partial charge >= 0.3 is 0 Å². The minimum atomic E-state index is 0.449. The van der Waals surface area contributed by atoms with E-state index in [4.69, 9.17) is 11.6 Å². The van der Waals surface area contributed by atoms with E-state index >= 15 is 0 Å². The van der Waals surface area contributed by atoms with E-state index in [1.54, 1.807) is 11.8 Å². The average molecular weight is 320 g/mol. The number of amidine groups is 1. The molecule has 1 unspecified atom stereocenters. The van der Waals surface area contributed by atoms with Crippen LogP contribution in [0.5, 0.6) is 0 Å². The van der Waals surface area contributed by atoms with E-state index in [-0.39, 0.29) is 0 Å². The van der Waals surface area contributed by atoms with Crippen LogP contribution in [-0.4, -0.2) is 17.0 Å². The van der Waals surface area contributed by atoms with Gasteiger partial charge in [0.1, 0.15) is 0 Å². The molecule has 0 saturated heterocycles. The number of aliphatic imine (C=N–C) groups is 1. The summed E-state index contributed by atoms with van der Waals surface area (Å²) in [7, 11) is 0.